The molecule has 1 heterocycles. The van der Waals surface area contributed by atoms with Crippen molar-refractivity contribution in [3.05, 3.63) is 40.1 Å². The predicted molar refractivity (Wildman–Crippen MR) is 90.5 cm³/mol. The van der Waals surface area contributed by atoms with Crippen LogP contribution in [0.25, 0.3) is 0 Å². The Morgan fingerprint density at radius 2 is 1.96 bits per heavy atom. The van der Waals surface area contributed by atoms with Gasteiger partial charge >= 0.3 is 0 Å². The van der Waals surface area contributed by atoms with Crippen molar-refractivity contribution in [3.8, 4) is 0 Å². The number of rotatable bonds is 7. The van der Waals surface area contributed by atoms with E-state index in [0.717, 1.165) is 17.8 Å². The summed E-state index contributed by atoms with van der Waals surface area (Å²) in [6, 6.07) is 5.60. The van der Waals surface area contributed by atoms with Crippen molar-refractivity contribution in [1.82, 2.24) is 15.5 Å². The van der Waals surface area contributed by atoms with E-state index in [-0.39, 0.29) is 22.8 Å². The fourth-order valence-corrected chi connectivity index (χ4v) is 2.57. The van der Waals surface area contributed by atoms with E-state index in [0.29, 0.717) is 23.5 Å². The van der Waals surface area contributed by atoms with Gasteiger partial charge < -0.3 is 10.6 Å². The zero-order valence-corrected chi connectivity index (χ0v) is 14.3. The van der Waals surface area contributed by atoms with Gasteiger partial charge in [0.05, 0.1) is 0 Å². The van der Waals surface area contributed by atoms with Crippen molar-refractivity contribution in [2.24, 2.45) is 0 Å². The van der Waals surface area contributed by atoms with Gasteiger partial charge in [-0.3, -0.25) is 9.59 Å². The first kappa shape index (κ1) is 18.0. The van der Waals surface area contributed by atoms with E-state index in [9.17, 15) is 14.0 Å². The molecule has 0 saturated heterocycles. The summed E-state index contributed by atoms with van der Waals surface area (Å²) in [7, 11) is 0. The zero-order valence-electron chi connectivity index (χ0n) is 13.5. The van der Waals surface area contributed by atoms with Crippen LogP contribution in [0.2, 0.25) is 0 Å². The van der Waals surface area contributed by atoms with E-state index in [2.05, 4.69) is 20.8 Å². The third kappa shape index (κ3) is 5.38. The highest BCUT2D eigenvalue weighted by Gasteiger charge is 2.14. The van der Waals surface area contributed by atoms with Crippen LogP contribution in [0.3, 0.4) is 0 Å². The fourth-order valence-electron chi connectivity index (χ4n) is 1.83. The van der Waals surface area contributed by atoms with E-state index in [1.807, 2.05) is 13.8 Å². The lowest BCUT2D eigenvalue weighted by Gasteiger charge is -2.10. The van der Waals surface area contributed by atoms with Crippen molar-refractivity contribution >= 4 is 28.8 Å². The van der Waals surface area contributed by atoms with Gasteiger partial charge in [0.1, 0.15) is 10.8 Å². The van der Waals surface area contributed by atoms with Gasteiger partial charge in [-0.15, -0.1) is 10.2 Å². The average molecular weight is 350 g/mol. The smallest absolute Gasteiger partial charge is 0.286 e. The first-order chi connectivity index (χ1) is 11.5. The quantitative estimate of drug-likeness (QED) is 0.804. The molecule has 2 rings (SSSR count). The van der Waals surface area contributed by atoms with Crippen LogP contribution in [-0.2, 0) is 11.2 Å². The van der Waals surface area contributed by atoms with Crippen molar-refractivity contribution < 1.29 is 14.0 Å². The Bertz CT molecular complexity index is 702. The van der Waals surface area contributed by atoms with Gasteiger partial charge in [-0.1, -0.05) is 18.3 Å². The minimum atomic E-state index is -0.408. The van der Waals surface area contributed by atoms with Crippen LogP contribution in [0.4, 0.5) is 10.1 Å². The van der Waals surface area contributed by atoms with E-state index >= 15 is 0 Å². The largest absolute Gasteiger partial charge is 0.354 e. The maximum Gasteiger partial charge on any atom is 0.286 e. The number of hydrogen-bond acceptors (Lipinski definition) is 5. The number of nitrogens with zero attached hydrogens (tertiary/aromatic N) is 2. The number of carbonyl (C=O) groups is 2. The van der Waals surface area contributed by atoms with Crippen molar-refractivity contribution in [1.29, 1.82) is 0 Å². The number of carbonyl (C=O) groups excluding carboxylic acids is 2. The standard InChI is InChI=1S/C16H19FN4O2S/c1-3-10(2)18-13(22)8-9-14-20-21-16(24-14)15(23)19-12-6-4-11(17)5-7-12/h4-7,10H,3,8-9H2,1-2H3,(H,18,22)(H,19,23)/t10-/m1/s1. The van der Waals surface area contributed by atoms with Crippen LogP contribution in [-0.4, -0.2) is 28.1 Å². The molecule has 1 atom stereocenters. The SMILES string of the molecule is CC[C@@H](C)NC(=O)CCc1nnc(C(=O)Nc2ccc(F)cc2)s1. The van der Waals surface area contributed by atoms with Crippen LogP contribution < -0.4 is 10.6 Å². The third-order valence-corrected chi connectivity index (χ3v) is 4.33. The summed E-state index contributed by atoms with van der Waals surface area (Å²) in [5.41, 5.74) is 0.478. The molecule has 0 unspecified atom stereocenters. The Balaban J connectivity index is 1.86. The molecule has 0 bridgehead atoms. The lowest BCUT2D eigenvalue weighted by Crippen LogP contribution is -2.31. The molecule has 2 N–H and O–H groups in total. The summed E-state index contributed by atoms with van der Waals surface area (Å²) < 4.78 is 12.8. The molecule has 1 aromatic carbocycles. The van der Waals surface area contributed by atoms with Crippen LogP contribution in [0.15, 0.2) is 24.3 Å². The highest BCUT2D eigenvalue weighted by Crippen LogP contribution is 2.15. The van der Waals surface area contributed by atoms with Gasteiger partial charge in [0.15, 0.2) is 0 Å². The van der Waals surface area contributed by atoms with Gasteiger partial charge in [-0.25, -0.2) is 4.39 Å². The first-order valence-electron chi connectivity index (χ1n) is 7.66. The summed E-state index contributed by atoms with van der Waals surface area (Å²) in [6.45, 7) is 3.95. The van der Waals surface area contributed by atoms with Crippen molar-refractivity contribution in [3.63, 3.8) is 0 Å². The Kier molecular flexibility index (Phi) is 6.36. The molecular weight excluding hydrogens is 331 g/mol. The van der Waals surface area contributed by atoms with E-state index < -0.39 is 5.91 Å². The molecule has 0 saturated carbocycles. The molecule has 128 valence electrons. The number of nitrogens with one attached hydrogen (secondary N) is 2. The Morgan fingerprint density at radius 3 is 2.62 bits per heavy atom. The summed E-state index contributed by atoms with van der Waals surface area (Å²) >= 11 is 1.14. The second-order valence-corrected chi connectivity index (χ2v) is 6.40. The number of hydrogen-bond donors (Lipinski definition) is 2. The minimum Gasteiger partial charge on any atom is -0.354 e. The van der Waals surface area contributed by atoms with Crippen LogP contribution in [0, 0.1) is 5.82 Å². The third-order valence-electron chi connectivity index (χ3n) is 3.35. The molecule has 0 aliphatic rings. The van der Waals surface area contributed by atoms with E-state index in [1.54, 1.807) is 0 Å². The molecule has 1 aromatic heterocycles. The van der Waals surface area contributed by atoms with E-state index in [4.69, 9.17) is 0 Å². The summed E-state index contributed by atoms with van der Waals surface area (Å²) in [5, 5.41) is 14.1. The van der Waals surface area contributed by atoms with Gasteiger partial charge in [0.2, 0.25) is 10.9 Å². The second kappa shape index (κ2) is 8.49. The molecule has 0 radical (unpaired) electrons. The fraction of sp³-hybridized carbons (Fsp3) is 0.375. The van der Waals surface area contributed by atoms with Crippen LogP contribution in [0.1, 0.15) is 41.5 Å². The first-order valence-corrected chi connectivity index (χ1v) is 8.48. The van der Waals surface area contributed by atoms with Crippen LogP contribution >= 0.6 is 11.3 Å². The highest BCUT2D eigenvalue weighted by atomic mass is 32.1. The predicted octanol–water partition coefficient (Wildman–Crippen LogP) is 2.78. The molecule has 24 heavy (non-hydrogen) atoms. The number of anilines is 1. The van der Waals surface area contributed by atoms with Gasteiger partial charge in [0.25, 0.3) is 5.91 Å². The molecule has 6 nitrogen and oxygen atoms in total. The van der Waals surface area contributed by atoms with Crippen molar-refractivity contribution in [2.45, 2.75) is 39.2 Å². The average Bonchev–Trinajstić information content (AvgIpc) is 3.04. The Morgan fingerprint density at radius 1 is 1.25 bits per heavy atom. The van der Waals surface area contributed by atoms with Gasteiger partial charge in [-0.05, 0) is 37.6 Å². The van der Waals surface area contributed by atoms with E-state index in [1.165, 1.54) is 24.3 Å². The maximum absolute atomic E-state index is 12.8. The molecule has 0 spiro atoms. The number of halogens is 1. The summed E-state index contributed by atoms with van der Waals surface area (Å²) in [4.78, 5) is 23.8. The monoisotopic (exact) mass is 350 g/mol. The molecule has 2 amide bonds. The molecule has 0 aliphatic heterocycles. The zero-order chi connectivity index (χ0) is 17.5. The summed E-state index contributed by atoms with van der Waals surface area (Å²) in [5.74, 6) is -0.826. The molecule has 0 aliphatic carbocycles. The maximum atomic E-state index is 12.8. The number of aromatic nitrogens is 2. The van der Waals surface area contributed by atoms with Crippen LogP contribution in [0.5, 0.6) is 0 Å². The minimum absolute atomic E-state index is 0.0446. The molecule has 8 heteroatoms. The Labute approximate surface area is 143 Å². The number of benzene rings is 1. The molecule has 2 aromatic rings. The topological polar surface area (TPSA) is 84.0 Å². The second-order valence-electron chi connectivity index (χ2n) is 5.34. The molecule has 0 fully saturated rings. The Hall–Kier alpha value is -2.35. The lowest BCUT2D eigenvalue weighted by atomic mass is 10.2. The van der Waals surface area contributed by atoms with Crippen molar-refractivity contribution in [2.75, 3.05) is 5.32 Å². The van der Waals surface area contributed by atoms with Gasteiger partial charge in [0, 0.05) is 24.6 Å². The normalized spacial score (nSPS) is 11.8. The lowest BCUT2D eigenvalue weighted by molar-refractivity contribution is -0.121. The number of aryl methyl sites for hydroxylation is 1. The summed E-state index contributed by atoms with van der Waals surface area (Å²) in [6.07, 6.45) is 1.61. The molecular formula is C16H19FN4O2S. The van der Waals surface area contributed by atoms with Gasteiger partial charge in [-0.2, -0.15) is 0 Å². The highest BCUT2D eigenvalue weighted by molar-refractivity contribution is 7.13. The number of amides is 2.